The van der Waals surface area contributed by atoms with Crippen molar-refractivity contribution in [3.63, 3.8) is 0 Å². The Morgan fingerprint density at radius 3 is 2.25 bits per heavy atom. The monoisotopic (exact) mass is 474 g/mol. The van der Waals surface area contributed by atoms with Crippen LogP contribution in [0.5, 0.6) is 11.5 Å². The van der Waals surface area contributed by atoms with Crippen molar-refractivity contribution in [3.8, 4) is 11.5 Å². The molecular formula is C21H25F3N2O5S. The van der Waals surface area contributed by atoms with Crippen LogP contribution in [0.1, 0.15) is 31.0 Å². The summed E-state index contributed by atoms with van der Waals surface area (Å²) in [7, 11) is -1.15. The van der Waals surface area contributed by atoms with Crippen LogP contribution in [0.4, 0.5) is 18.9 Å². The molecule has 0 spiro atoms. The largest absolute Gasteiger partial charge is 0.497 e. The van der Waals surface area contributed by atoms with Crippen LogP contribution >= 0.6 is 0 Å². The topological polar surface area (TPSA) is 84.9 Å². The Labute approximate surface area is 185 Å². The number of amides is 1. The van der Waals surface area contributed by atoms with Gasteiger partial charge in [0.15, 0.2) is 0 Å². The van der Waals surface area contributed by atoms with Crippen LogP contribution in [-0.2, 0) is 21.0 Å². The molecule has 0 saturated carbocycles. The summed E-state index contributed by atoms with van der Waals surface area (Å²) in [6.07, 6.45) is -3.84. The van der Waals surface area contributed by atoms with E-state index in [0.29, 0.717) is 27.4 Å². The van der Waals surface area contributed by atoms with E-state index in [-0.39, 0.29) is 5.69 Å². The first-order chi connectivity index (χ1) is 14.8. The maximum Gasteiger partial charge on any atom is 0.416 e. The fraction of sp³-hybridized carbons (Fsp3) is 0.381. The van der Waals surface area contributed by atoms with Gasteiger partial charge in [-0.15, -0.1) is 0 Å². The second-order valence-electron chi connectivity index (χ2n) is 7.12. The maximum absolute atomic E-state index is 13.1. The predicted octanol–water partition coefficient (Wildman–Crippen LogP) is 3.75. The molecule has 0 aromatic heterocycles. The van der Waals surface area contributed by atoms with Crippen molar-refractivity contribution in [3.05, 3.63) is 53.6 Å². The van der Waals surface area contributed by atoms with Crippen LogP contribution in [0.25, 0.3) is 0 Å². The first-order valence-electron chi connectivity index (χ1n) is 9.48. The Hall–Kier alpha value is -2.95. The van der Waals surface area contributed by atoms with Crippen molar-refractivity contribution in [1.82, 2.24) is 5.32 Å². The molecule has 0 fully saturated rings. The average molecular weight is 475 g/mol. The number of hydrogen-bond donors (Lipinski definition) is 1. The molecule has 1 amide bonds. The lowest BCUT2D eigenvalue weighted by Crippen LogP contribution is -2.48. The number of nitrogens with zero attached hydrogens (tertiary/aromatic N) is 1. The van der Waals surface area contributed by atoms with Crippen LogP contribution in [0.3, 0.4) is 0 Å². The number of hydrogen-bond acceptors (Lipinski definition) is 5. The minimum atomic E-state index is -4.66. The number of anilines is 1. The molecule has 0 aliphatic heterocycles. The lowest BCUT2D eigenvalue weighted by Gasteiger charge is -2.30. The lowest BCUT2D eigenvalue weighted by molar-refractivity contribution is -0.137. The molecule has 7 nitrogen and oxygen atoms in total. The molecule has 11 heteroatoms. The molecule has 2 aromatic carbocycles. The van der Waals surface area contributed by atoms with Gasteiger partial charge in [0.25, 0.3) is 0 Å². The van der Waals surface area contributed by atoms with Gasteiger partial charge in [-0.05, 0) is 50.2 Å². The van der Waals surface area contributed by atoms with Gasteiger partial charge in [-0.1, -0.05) is 6.07 Å². The highest BCUT2D eigenvalue weighted by Crippen LogP contribution is 2.33. The van der Waals surface area contributed by atoms with E-state index in [1.807, 2.05) is 0 Å². The highest BCUT2D eigenvalue weighted by atomic mass is 32.2. The van der Waals surface area contributed by atoms with Crippen LogP contribution in [0.15, 0.2) is 42.5 Å². The van der Waals surface area contributed by atoms with E-state index in [1.54, 1.807) is 25.1 Å². The fourth-order valence-electron chi connectivity index (χ4n) is 3.22. The quantitative estimate of drug-likeness (QED) is 0.630. The Morgan fingerprint density at radius 2 is 1.72 bits per heavy atom. The Kier molecular flexibility index (Phi) is 7.66. The number of carbonyl (C=O) groups is 1. The van der Waals surface area contributed by atoms with Gasteiger partial charge in [0, 0.05) is 5.56 Å². The number of benzene rings is 2. The summed E-state index contributed by atoms with van der Waals surface area (Å²) in [6.45, 7) is 2.96. The van der Waals surface area contributed by atoms with Crippen LogP contribution < -0.4 is 19.1 Å². The zero-order valence-electron chi connectivity index (χ0n) is 18.2. The third-order valence-corrected chi connectivity index (χ3v) is 6.02. The SMILES string of the molecule is COc1ccc(OC)c(C(C)NC(=O)C(C)N(c2cccc(C(F)(F)F)c2)S(C)(=O)=O)c1. The molecular weight excluding hydrogens is 449 g/mol. The number of ether oxygens (including phenoxy) is 2. The minimum Gasteiger partial charge on any atom is -0.497 e. The van der Waals surface area contributed by atoms with Gasteiger partial charge < -0.3 is 14.8 Å². The van der Waals surface area contributed by atoms with Gasteiger partial charge in [0.05, 0.1) is 37.8 Å². The molecule has 0 bridgehead atoms. The second-order valence-corrected chi connectivity index (χ2v) is 8.98. The van der Waals surface area contributed by atoms with Crippen molar-refractivity contribution >= 4 is 21.6 Å². The molecule has 2 rings (SSSR count). The number of carbonyl (C=O) groups excluding carboxylic acids is 1. The van der Waals surface area contributed by atoms with Crippen LogP contribution in [-0.4, -0.2) is 40.8 Å². The maximum atomic E-state index is 13.1. The number of methoxy groups -OCH3 is 2. The summed E-state index contributed by atoms with van der Waals surface area (Å²) in [5, 5.41) is 2.69. The van der Waals surface area contributed by atoms with Crippen LogP contribution in [0.2, 0.25) is 0 Å². The molecule has 0 saturated heterocycles. The third kappa shape index (κ3) is 5.84. The number of halogens is 3. The van der Waals surface area contributed by atoms with Crippen molar-refractivity contribution in [2.24, 2.45) is 0 Å². The molecule has 0 radical (unpaired) electrons. The summed E-state index contributed by atoms with van der Waals surface area (Å²) in [5.41, 5.74) is -0.709. The molecule has 1 N–H and O–H groups in total. The van der Waals surface area contributed by atoms with E-state index in [9.17, 15) is 26.4 Å². The van der Waals surface area contributed by atoms with E-state index < -0.39 is 39.8 Å². The zero-order chi connectivity index (χ0) is 24.3. The van der Waals surface area contributed by atoms with Crippen molar-refractivity contribution in [2.75, 3.05) is 24.8 Å². The summed E-state index contributed by atoms with van der Waals surface area (Å²) in [5.74, 6) is 0.297. The molecule has 2 unspecified atom stereocenters. The smallest absolute Gasteiger partial charge is 0.416 e. The minimum absolute atomic E-state index is 0.267. The zero-order valence-corrected chi connectivity index (χ0v) is 19.0. The normalized spacial score (nSPS) is 13.8. The van der Waals surface area contributed by atoms with E-state index in [0.717, 1.165) is 18.4 Å². The summed E-state index contributed by atoms with van der Waals surface area (Å²) in [4.78, 5) is 12.9. The van der Waals surface area contributed by atoms with Crippen LogP contribution in [0, 0.1) is 0 Å². The van der Waals surface area contributed by atoms with Crippen molar-refractivity contribution < 1.29 is 35.9 Å². The van der Waals surface area contributed by atoms with Crippen molar-refractivity contribution in [1.29, 1.82) is 0 Å². The van der Waals surface area contributed by atoms with E-state index in [4.69, 9.17) is 9.47 Å². The highest BCUT2D eigenvalue weighted by molar-refractivity contribution is 7.92. The first-order valence-corrected chi connectivity index (χ1v) is 11.3. The average Bonchev–Trinajstić information content (AvgIpc) is 2.71. The molecule has 0 aliphatic rings. The van der Waals surface area contributed by atoms with Gasteiger partial charge in [0.2, 0.25) is 15.9 Å². The van der Waals surface area contributed by atoms with E-state index in [1.165, 1.54) is 27.2 Å². The summed E-state index contributed by atoms with van der Waals surface area (Å²) < 4.78 is 75.3. The van der Waals surface area contributed by atoms with Crippen molar-refractivity contribution in [2.45, 2.75) is 32.1 Å². The number of nitrogens with one attached hydrogen (secondary N) is 1. The Morgan fingerprint density at radius 1 is 1.06 bits per heavy atom. The van der Waals surface area contributed by atoms with Gasteiger partial charge in [-0.3, -0.25) is 9.10 Å². The van der Waals surface area contributed by atoms with Gasteiger partial charge in [0.1, 0.15) is 17.5 Å². The number of alkyl halides is 3. The summed E-state index contributed by atoms with van der Waals surface area (Å²) >= 11 is 0. The van der Waals surface area contributed by atoms with Gasteiger partial charge >= 0.3 is 6.18 Å². The molecule has 176 valence electrons. The Bertz CT molecular complexity index is 1070. The fourth-order valence-corrected chi connectivity index (χ4v) is 4.38. The van der Waals surface area contributed by atoms with Gasteiger partial charge in [-0.2, -0.15) is 13.2 Å². The third-order valence-electron chi connectivity index (χ3n) is 4.78. The molecule has 0 aliphatic carbocycles. The lowest BCUT2D eigenvalue weighted by atomic mass is 10.1. The predicted molar refractivity (Wildman–Crippen MR) is 114 cm³/mol. The molecule has 0 heterocycles. The molecule has 2 aromatic rings. The standard InChI is InChI=1S/C21H25F3N2O5S/c1-13(18-12-17(30-3)9-10-19(18)31-4)25-20(27)14(2)26(32(5,28)29)16-8-6-7-15(11-16)21(22,23)24/h6-14H,1-5H3,(H,25,27). The van der Waals surface area contributed by atoms with E-state index in [2.05, 4.69) is 5.32 Å². The van der Waals surface area contributed by atoms with E-state index >= 15 is 0 Å². The molecule has 32 heavy (non-hydrogen) atoms. The first kappa shape index (κ1) is 25.3. The molecule has 2 atom stereocenters. The summed E-state index contributed by atoms with van der Waals surface area (Å²) in [6, 6.07) is 6.87. The number of rotatable bonds is 8. The number of sulfonamides is 1. The highest BCUT2D eigenvalue weighted by Gasteiger charge is 2.34. The van der Waals surface area contributed by atoms with Gasteiger partial charge in [-0.25, -0.2) is 8.42 Å². The Balaban J connectivity index is 2.36. The second kappa shape index (κ2) is 9.68.